The highest BCUT2D eigenvalue weighted by atomic mass is 16.5. The first kappa shape index (κ1) is 30.0. The van der Waals surface area contributed by atoms with Crippen LogP contribution in [0.25, 0.3) is 0 Å². The molecule has 0 radical (unpaired) electrons. The summed E-state index contributed by atoms with van der Waals surface area (Å²) in [5.41, 5.74) is -1.19. The molecule has 0 saturated carbocycles. The average molecular weight is 552 g/mol. The van der Waals surface area contributed by atoms with Crippen LogP contribution in [0.1, 0.15) is 58.8 Å². The van der Waals surface area contributed by atoms with Crippen molar-refractivity contribution in [3.63, 3.8) is 0 Å². The molecular formula is C32H45N3O5. The van der Waals surface area contributed by atoms with Gasteiger partial charge in [-0.25, -0.2) is 0 Å². The molecule has 4 rings (SSSR count). The summed E-state index contributed by atoms with van der Waals surface area (Å²) < 4.78 is 6.81. The second-order valence-corrected chi connectivity index (χ2v) is 11.5. The number of aliphatic hydroxyl groups excluding tert-OH is 1. The van der Waals surface area contributed by atoms with E-state index in [1.165, 1.54) is 0 Å². The van der Waals surface area contributed by atoms with E-state index in [-0.39, 0.29) is 24.3 Å². The smallest absolute Gasteiger partial charge is 0.248 e. The van der Waals surface area contributed by atoms with Crippen molar-refractivity contribution in [2.75, 3.05) is 37.7 Å². The third kappa shape index (κ3) is 5.23. The van der Waals surface area contributed by atoms with Gasteiger partial charge in [0.25, 0.3) is 0 Å². The topological polar surface area (TPSA) is 90.4 Å². The van der Waals surface area contributed by atoms with Crippen LogP contribution in [0, 0.1) is 11.8 Å². The molecule has 218 valence electrons. The Morgan fingerprint density at radius 3 is 2.45 bits per heavy atom. The number of para-hydroxylation sites is 1. The van der Waals surface area contributed by atoms with Crippen molar-refractivity contribution in [2.24, 2.45) is 11.8 Å². The van der Waals surface area contributed by atoms with Crippen molar-refractivity contribution >= 4 is 23.4 Å². The Labute approximate surface area is 238 Å². The van der Waals surface area contributed by atoms with E-state index in [1.54, 1.807) is 26.9 Å². The summed E-state index contributed by atoms with van der Waals surface area (Å²) >= 11 is 0. The number of aliphatic hydroxyl groups is 1. The lowest BCUT2D eigenvalue weighted by Crippen LogP contribution is -2.56. The molecule has 1 spiro atoms. The summed E-state index contributed by atoms with van der Waals surface area (Å²) in [5.74, 6) is -1.99. The number of hydrogen-bond donors (Lipinski definition) is 1. The quantitative estimate of drug-likeness (QED) is 0.263. The van der Waals surface area contributed by atoms with Crippen LogP contribution in [0.4, 0.5) is 5.69 Å². The number of rotatable bonds is 15. The van der Waals surface area contributed by atoms with E-state index < -0.39 is 29.1 Å². The van der Waals surface area contributed by atoms with Gasteiger partial charge in [-0.05, 0) is 51.2 Å². The lowest BCUT2D eigenvalue weighted by Gasteiger charge is -2.37. The molecule has 3 saturated heterocycles. The number of ether oxygens (including phenoxy) is 1. The van der Waals surface area contributed by atoms with Crippen LogP contribution in [0.5, 0.6) is 0 Å². The molecule has 2 unspecified atom stereocenters. The van der Waals surface area contributed by atoms with Gasteiger partial charge in [-0.3, -0.25) is 14.4 Å². The summed E-state index contributed by atoms with van der Waals surface area (Å²) in [6.45, 7) is 13.4. The van der Waals surface area contributed by atoms with Gasteiger partial charge in [0.1, 0.15) is 11.6 Å². The van der Waals surface area contributed by atoms with Crippen LogP contribution in [0.2, 0.25) is 0 Å². The summed E-state index contributed by atoms with van der Waals surface area (Å²) in [6.07, 6.45) is 8.53. The van der Waals surface area contributed by atoms with Gasteiger partial charge < -0.3 is 24.5 Å². The number of benzene rings is 1. The maximum absolute atomic E-state index is 14.4. The van der Waals surface area contributed by atoms with E-state index in [4.69, 9.17) is 4.74 Å². The standard InChI is InChI=1S/C32H45N3O5/c1-5-8-12-21-33(19-6-2)30(39)27-32-18-17-31(4,40-32)25(26(32)29(38)35(27)22-13-14-23-36)28(37)34(20-7-3)24-15-10-9-11-16-24/h6-7,9-11,15-16,25-27,36H,2-3,5,8,12-14,17-23H2,1,4H3/t25-,26-,27?,31+,32?/m0/s1. The van der Waals surface area contributed by atoms with Crippen LogP contribution in [-0.2, 0) is 19.1 Å². The minimum absolute atomic E-state index is 0.0120. The second-order valence-electron chi connectivity index (χ2n) is 11.5. The zero-order valence-electron chi connectivity index (χ0n) is 24.1. The van der Waals surface area contributed by atoms with Gasteiger partial charge in [0.15, 0.2) is 0 Å². The van der Waals surface area contributed by atoms with Gasteiger partial charge >= 0.3 is 0 Å². The number of unbranched alkanes of at least 4 members (excludes halogenated alkanes) is 3. The first-order valence-corrected chi connectivity index (χ1v) is 14.8. The van der Waals surface area contributed by atoms with Gasteiger partial charge in [0.2, 0.25) is 17.7 Å². The SMILES string of the molecule is C=CCN(CCCCC)C(=O)C1N(CCCCO)C(=O)[C@@H]2[C@@H](C(=O)N(CC=C)c3ccccc3)[C@@]3(C)CCC12O3. The third-order valence-electron chi connectivity index (χ3n) is 8.92. The summed E-state index contributed by atoms with van der Waals surface area (Å²) in [6, 6.07) is 8.60. The zero-order chi connectivity index (χ0) is 28.9. The number of likely N-dealkylation sites (tertiary alicyclic amines) is 1. The molecule has 40 heavy (non-hydrogen) atoms. The van der Waals surface area contributed by atoms with Gasteiger partial charge in [-0.2, -0.15) is 0 Å². The number of nitrogens with zero attached hydrogens (tertiary/aromatic N) is 3. The van der Waals surface area contributed by atoms with Crippen LogP contribution < -0.4 is 4.90 Å². The number of carbonyl (C=O) groups excluding carboxylic acids is 3. The Morgan fingerprint density at radius 2 is 1.80 bits per heavy atom. The highest BCUT2D eigenvalue weighted by molar-refractivity contribution is 6.03. The molecule has 3 amide bonds. The Morgan fingerprint density at radius 1 is 1.07 bits per heavy atom. The fourth-order valence-electron chi connectivity index (χ4n) is 7.12. The van der Waals surface area contributed by atoms with Crippen molar-refractivity contribution in [1.29, 1.82) is 0 Å². The number of carbonyl (C=O) groups is 3. The number of fused-ring (bicyclic) bond motifs is 1. The zero-order valence-corrected chi connectivity index (χ0v) is 24.1. The van der Waals surface area contributed by atoms with Crippen LogP contribution >= 0.6 is 0 Å². The maximum Gasteiger partial charge on any atom is 0.248 e. The van der Waals surface area contributed by atoms with Gasteiger partial charge in [0.05, 0.1) is 17.4 Å². The highest BCUT2D eigenvalue weighted by Gasteiger charge is 2.78. The molecule has 3 heterocycles. The first-order valence-electron chi connectivity index (χ1n) is 14.8. The molecule has 3 fully saturated rings. The van der Waals surface area contributed by atoms with E-state index in [0.717, 1.165) is 24.9 Å². The van der Waals surface area contributed by atoms with Gasteiger partial charge in [-0.1, -0.05) is 50.1 Å². The largest absolute Gasteiger partial charge is 0.396 e. The molecule has 5 atom stereocenters. The first-order chi connectivity index (χ1) is 19.3. The lowest BCUT2D eigenvalue weighted by molar-refractivity contribution is -0.151. The predicted molar refractivity (Wildman–Crippen MR) is 156 cm³/mol. The molecule has 0 aliphatic carbocycles. The minimum atomic E-state index is -1.07. The Balaban J connectivity index is 1.74. The minimum Gasteiger partial charge on any atom is -0.396 e. The molecule has 1 aromatic rings. The van der Waals surface area contributed by atoms with E-state index in [1.807, 2.05) is 37.3 Å². The fraction of sp³-hybridized carbons (Fsp3) is 0.594. The van der Waals surface area contributed by atoms with Crippen LogP contribution in [0.15, 0.2) is 55.6 Å². The maximum atomic E-state index is 14.4. The number of amides is 3. The van der Waals surface area contributed by atoms with Crippen molar-refractivity contribution in [2.45, 2.75) is 76.0 Å². The van der Waals surface area contributed by atoms with E-state index >= 15 is 0 Å². The molecule has 3 aliphatic rings. The molecular weight excluding hydrogens is 506 g/mol. The molecule has 2 bridgehead atoms. The van der Waals surface area contributed by atoms with Crippen molar-refractivity contribution in [3.05, 3.63) is 55.6 Å². The third-order valence-corrected chi connectivity index (χ3v) is 8.92. The van der Waals surface area contributed by atoms with Gasteiger partial charge in [-0.15, -0.1) is 13.2 Å². The number of hydrogen-bond acceptors (Lipinski definition) is 5. The Hall–Kier alpha value is -2.97. The Kier molecular flexibility index (Phi) is 9.52. The van der Waals surface area contributed by atoms with Gasteiger partial charge in [0, 0.05) is 38.5 Å². The van der Waals surface area contributed by atoms with Crippen molar-refractivity contribution in [1.82, 2.24) is 9.80 Å². The monoisotopic (exact) mass is 551 g/mol. The fourth-order valence-corrected chi connectivity index (χ4v) is 7.12. The van der Waals surface area contributed by atoms with Crippen molar-refractivity contribution < 1.29 is 24.2 Å². The normalized spacial score (nSPS) is 28.4. The summed E-state index contributed by atoms with van der Waals surface area (Å²) in [7, 11) is 0. The lowest BCUT2D eigenvalue weighted by atomic mass is 9.66. The van der Waals surface area contributed by atoms with E-state index in [0.29, 0.717) is 51.9 Å². The Bertz CT molecular complexity index is 1090. The predicted octanol–water partition coefficient (Wildman–Crippen LogP) is 3.95. The summed E-state index contributed by atoms with van der Waals surface area (Å²) in [5, 5.41) is 9.42. The van der Waals surface area contributed by atoms with Crippen LogP contribution in [0.3, 0.4) is 0 Å². The average Bonchev–Trinajstić information content (AvgIpc) is 3.52. The van der Waals surface area contributed by atoms with E-state index in [9.17, 15) is 19.5 Å². The molecule has 0 aromatic heterocycles. The van der Waals surface area contributed by atoms with E-state index in [2.05, 4.69) is 20.1 Å². The molecule has 8 heteroatoms. The molecule has 1 N–H and O–H groups in total. The molecule has 3 aliphatic heterocycles. The number of anilines is 1. The summed E-state index contributed by atoms with van der Waals surface area (Å²) in [4.78, 5) is 48.1. The van der Waals surface area contributed by atoms with Crippen LogP contribution in [-0.4, -0.2) is 82.7 Å². The second kappa shape index (κ2) is 12.7. The molecule has 1 aromatic carbocycles. The molecule has 8 nitrogen and oxygen atoms in total. The highest BCUT2D eigenvalue weighted by Crippen LogP contribution is 2.63. The van der Waals surface area contributed by atoms with Crippen molar-refractivity contribution in [3.8, 4) is 0 Å².